The first-order valence-electron chi connectivity index (χ1n) is 10.1. The van der Waals surface area contributed by atoms with Gasteiger partial charge in [0, 0.05) is 23.3 Å². The van der Waals surface area contributed by atoms with Gasteiger partial charge in [0.1, 0.15) is 0 Å². The molecule has 2 N–H and O–H groups in total. The monoisotopic (exact) mass is 491 g/mol. The van der Waals surface area contributed by atoms with E-state index < -0.39 is 21.3 Å². The summed E-state index contributed by atoms with van der Waals surface area (Å²) in [5.74, 6) is -0.311. The van der Waals surface area contributed by atoms with Crippen LogP contribution >= 0.6 is 23.1 Å². The number of benzene rings is 2. The quantitative estimate of drug-likeness (QED) is 0.422. The Kier molecular flexibility index (Phi) is 7.58. The summed E-state index contributed by atoms with van der Waals surface area (Å²) >= 11 is 2.96. The number of fused-ring (bicyclic) bond motifs is 1. The third kappa shape index (κ3) is 6.08. The molecule has 0 fully saturated rings. The summed E-state index contributed by atoms with van der Waals surface area (Å²) in [4.78, 5) is 28.9. The van der Waals surface area contributed by atoms with Gasteiger partial charge in [-0.2, -0.15) is 0 Å². The Labute approximate surface area is 196 Å². The van der Waals surface area contributed by atoms with Crippen LogP contribution in [-0.2, 0) is 19.6 Å². The molecule has 32 heavy (non-hydrogen) atoms. The maximum Gasteiger partial charge on any atom is 0.264 e. The van der Waals surface area contributed by atoms with Crippen molar-refractivity contribution in [3.63, 3.8) is 0 Å². The Hall–Kier alpha value is -2.43. The Morgan fingerprint density at radius 3 is 2.44 bits per heavy atom. The Bertz CT molecular complexity index is 1190. The molecule has 2 aromatic carbocycles. The van der Waals surface area contributed by atoms with Crippen LogP contribution in [0.1, 0.15) is 33.6 Å². The molecule has 170 valence electrons. The van der Waals surface area contributed by atoms with Gasteiger partial charge in [0.15, 0.2) is 4.34 Å². The van der Waals surface area contributed by atoms with Crippen molar-refractivity contribution in [2.24, 2.45) is 5.41 Å². The number of hydrogen-bond acceptors (Lipinski definition) is 7. The van der Waals surface area contributed by atoms with Crippen LogP contribution in [0.5, 0.6) is 0 Å². The highest BCUT2D eigenvalue weighted by atomic mass is 32.2. The lowest BCUT2D eigenvalue weighted by Gasteiger charge is -2.21. The fraction of sp³-hybridized carbons (Fsp3) is 0.318. The van der Waals surface area contributed by atoms with Gasteiger partial charge in [-0.05, 0) is 42.8 Å². The van der Waals surface area contributed by atoms with Gasteiger partial charge < -0.3 is 5.32 Å². The zero-order chi connectivity index (χ0) is 23.4. The zero-order valence-electron chi connectivity index (χ0n) is 18.0. The van der Waals surface area contributed by atoms with E-state index in [-0.39, 0.29) is 17.2 Å². The van der Waals surface area contributed by atoms with Crippen LogP contribution in [0.4, 0.5) is 5.69 Å². The number of aromatic nitrogens is 1. The number of sulfonamides is 1. The first-order valence-corrected chi connectivity index (χ1v) is 13.3. The second-order valence-corrected chi connectivity index (χ2v) is 11.8. The van der Waals surface area contributed by atoms with Crippen LogP contribution in [0.25, 0.3) is 10.2 Å². The van der Waals surface area contributed by atoms with Crippen LogP contribution < -0.4 is 10.0 Å². The summed E-state index contributed by atoms with van der Waals surface area (Å²) in [6, 6.07) is 13.5. The number of carbonyl (C=O) groups is 2. The predicted molar refractivity (Wildman–Crippen MR) is 129 cm³/mol. The molecule has 0 radical (unpaired) electrons. The molecule has 7 nitrogen and oxygen atoms in total. The number of nitrogens with one attached hydrogen (secondary N) is 2. The van der Waals surface area contributed by atoms with Crippen LogP contribution in [0.2, 0.25) is 0 Å². The topological polar surface area (TPSA) is 105 Å². The molecule has 3 aromatic rings. The van der Waals surface area contributed by atoms with Crippen molar-refractivity contribution in [2.45, 2.75) is 42.8 Å². The zero-order valence-corrected chi connectivity index (χ0v) is 20.5. The van der Waals surface area contributed by atoms with Gasteiger partial charge >= 0.3 is 0 Å². The smallest absolute Gasteiger partial charge is 0.264 e. The Balaban J connectivity index is 1.53. The van der Waals surface area contributed by atoms with E-state index in [0.717, 1.165) is 14.6 Å². The van der Waals surface area contributed by atoms with Crippen LogP contribution in [0.15, 0.2) is 57.8 Å². The number of carbonyl (C=O) groups excluding carboxylic acids is 2. The first kappa shape index (κ1) is 24.2. The maximum atomic E-state index is 12.5. The fourth-order valence-electron chi connectivity index (χ4n) is 2.58. The SMILES string of the molecule is CCC(C)(C)C(=O)Nc1ccc(S(=O)(=O)NC(=O)CCSc2nc3ccccc3s2)cc1. The van der Waals surface area contributed by atoms with Crippen molar-refractivity contribution < 1.29 is 18.0 Å². The number of thioether (sulfide) groups is 1. The largest absolute Gasteiger partial charge is 0.326 e. The number of amides is 2. The molecule has 0 saturated heterocycles. The molecule has 0 spiro atoms. The summed E-state index contributed by atoms with van der Waals surface area (Å²) in [5, 5.41) is 2.78. The fourth-order valence-corrected chi connectivity index (χ4v) is 5.67. The molecular formula is C22H25N3O4S3. The molecule has 2 amide bonds. The lowest BCUT2D eigenvalue weighted by molar-refractivity contribution is -0.124. The van der Waals surface area contributed by atoms with Gasteiger partial charge in [-0.25, -0.2) is 18.1 Å². The molecule has 0 atom stereocenters. The predicted octanol–water partition coefficient (Wildman–Crippen LogP) is 4.66. The standard InChI is InChI=1S/C22H25N3O4S3/c1-4-22(2,3)20(27)23-15-9-11-16(12-10-15)32(28,29)25-19(26)13-14-30-21-24-17-7-5-6-8-18(17)31-21/h5-12H,4,13-14H2,1-3H3,(H,23,27)(H,25,26). The van der Waals surface area contributed by atoms with E-state index in [4.69, 9.17) is 0 Å². The van der Waals surface area contributed by atoms with Crippen molar-refractivity contribution in [3.8, 4) is 0 Å². The number of hydrogen-bond donors (Lipinski definition) is 2. The van der Waals surface area contributed by atoms with Gasteiger partial charge in [-0.1, -0.05) is 44.7 Å². The molecule has 10 heteroatoms. The van der Waals surface area contributed by atoms with Gasteiger partial charge in [0.05, 0.1) is 15.1 Å². The van der Waals surface area contributed by atoms with E-state index in [9.17, 15) is 18.0 Å². The van der Waals surface area contributed by atoms with E-state index in [0.29, 0.717) is 17.9 Å². The summed E-state index contributed by atoms with van der Waals surface area (Å²) < 4.78 is 29.0. The minimum atomic E-state index is -3.99. The van der Waals surface area contributed by atoms with Crippen molar-refractivity contribution in [1.29, 1.82) is 0 Å². The molecule has 0 aliphatic rings. The van der Waals surface area contributed by atoms with Crippen molar-refractivity contribution >= 4 is 60.8 Å². The van der Waals surface area contributed by atoms with E-state index in [1.807, 2.05) is 45.0 Å². The van der Waals surface area contributed by atoms with Gasteiger partial charge in [-0.15, -0.1) is 11.3 Å². The van der Waals surface area contributed by atoms with Crippen LogP contribution in [-0.4, -0.2) is 31.0 Å². The molecule has 0 unspecified atom stereocenters. The van der Waals surface area contributed by atoms with Gasteiger partial charge in [-0.3, -0.25) is 9.59 Å². The second-order valence-electron chi connectivity index (χ2n) is 7.79. The lowest BCUT2D eigenvalue weighted by Crippen LogP contribution is -2.31. The van der Waals surface area contributed by atoms with E-state index in [1.54, 1.807) is 0 Å². The average Bonchev–Trinajstić information content (AvgIpc) is 3.16. The third-order valence-electron chi connectivity index (χ3n) is 5.00. The van der Waals surface area contributed by atoms with Crippen molar-refractivity contribution in [3.05, 3.63) is 48.5 Å². The van der Waals surface area contributed by atoms with E-state index in [1.165, 1.54) is 47.4 Å². The summed E-state index contributed by atoms with van der Waals surface area (Å²) in [6.45, 7) is 5.60. The Morgan fingerprint density at radius 1 is 1.09 bits per heavy atom. The highest BCUT2D eigenvalue weighted by Gasteiger charge is 2.25. The number of thiazole rings is 1. The molecule has 0 aliphatic heterocycles. The summed E-state index contributed by atoms with van der Waals surface area (Å²) in [7, 11) is -3.99. The van der Waals surface area contributed by atoms with Crippen LogP contribution in [0.3, 0.4) is 0 Å². The van der Waals surface area contributed by atoms with E-state index in [2.05, 4.69) is 15.0 Å². The summed E-state index contributed by atoms with van der Waals surface area (Å²) in [6.07, 6.45) is 0.717. The van der Waals surface area contributed by atoms with Crippen molar-refractivity contribution in [1.82, 2.24) is 9.71 Å². The van der Waals surface area contributed by atoms with Gasteiger partial charge in [0.25, 0.3) is 10.0 Å². The highest BCUT2D eigenvalue weighted by molar-refractivity contribution is 8.01. The second kappa shape index (κ2) is 10.0. The minimum Gasteiger partial charge on any atom is -0.326 e. The number of rotatable bonds is 9. The minimum absolute atomic E-state index is 0.0417. The highest BCUT2D eigenvalue weighted by Crippen LogP contribution is 2.29. The maximum absolute atomic E-state index is 12.5. The number of nitrogens with zero attached hydrogens (tertiary/aromatic N) is 1. The molecule has 0 saturated carbocycles. The van der Waals surface area contributed by atoms with Crippen molar-refractivity contribution in [2.75, 3.05) is 11.1 Å². The summed E-state index contributed by atoms with van der Waals surface area (Å²) in [5.41, 5.74) is 0.876. The average molecular weight is 492 g/mol. The lowest BCUT2D eigenvalue weighted by atomic mass is 9.89. The normalized spacial score (nSPS) is 12.0. The number of para-hydroxylation sites is 1. The van der Waals surface area contributed by atoms with Gasteiger partial charge in [0.2, 0.25) is 11.8 Å². The van der Waals surface area contributed by atoms with Crippen LogP contribution in [0, 0.1) is 5.41 Å². The number of anilines is 1. The molecule has 0 aliphatic carbocycles. The molecular weight excluding hydrogens is 466 g/mol. The third-order valence-corrected chi connectivity index (χ3v) is 8.57. The molecule has 1 aromatic heterocycles. The first-order chi connectivity index (χ1) is 15.1. The molecule has 3 rings (SSSR count). The van der Waals surface area contributed by atoms with E-state index >= 15 is 0 Å². The molecule has 1 heterocycles. The molecule has 0 bridgehead atoms. The Morgan fingerprint density at radius 2 is 1.78 bits per heavy atom.